The van der Waals surface area contributed by atoms with E-state index in [1.165, 1.54) is 5.56 Å². The van der Waals surface area contributed by atoms with Gasteiger partial charge in [-0.05, 0) is 36.3 Å². The molecule has 6 nitrogen and oxygen atoms in total. The molecule has 4 heterocycles. The van der Waals surface area contributed by atoms with Gasteiger partial charge in [-0.25, -0.2) is 9.97 Å². The Morgan fingerprint density at radius 1 is 1.36 bits per heavy atom. The van der Waals surface area contributed by atoms with E-state index >= 15 is 0 Å². The number of likely N-dealkylation sites (tertiary alicyclic amines) is 1. The molecule has 1 saturated heterocycles. The minimum absolute atomic E-state index is 0.115. The molecule has 2 aliphatic rings. The van der Waals surface area contributed by atoms with E-state index in [9.17, 15) is 4.79 Å². The first kappa shape index (κ1) is 16.5. The van der Waals surface area contributed by atoms with Crippen LogP contribution in [0, 0.1) is 0 Å². The Hall–Kier alpha value is -1.99. The van der Waals surface area contributed by atoms with Crippen molar-refractivity contribution in [2.24, 2.45) is 0 Å². The summed E-state index contributed by atoms with van der Waals surface area (Å²) in [5.41, 5.74) is 2.59. The highest BCUT2D eigenvalue weighted by atomic mass is 32.1. The molecule has 0 aromatic carbocycles. The molecule has 0 N–H and O–H groups in total. The summed E-state index contributed by atoms with van der Waals surface area (Å²) in [6.07, 6.45) is 4.34. The quantitative estimate of drug-likeness (QED) is 0.824. The van der Waals surface area contributed by atoms with Gasteiger partial charge < -0.3 is 14.5 Å². The summed E-state index contributed by atoms with van der Waals surface area (Å²) in [6, 6.07) is 1.89. The van der Waals surface area contributed by atoms with Crippen LogP contribution in [0.25, 0.3) is 0 Å². The van der Waals surface area contributed by atoms with Crippen LogP contribution in [0.5, 0.6) is 0 Å². The molecule has 2 aromatic rings. The second-order valence-corrected chi connectivity index (χ2v) is 7.62. The van der Waals surface area contributed by atoms with E-state index in [1.54, 1.807) is 11.3 Å². The molecule has 0 radical (unpaired) electrons. The van der Waals surface area contributed by atoms with Crippen LogP contribution in [0.3, 0.4) is 0 Å². The van der Waals surface area contributed by atoms with Crippen molar-refractivity contribution in [3.8, 4) is 0 Å². The van der Waals surface area contributed by atoms with Crippen LogP contribution in [-0.2, 0) is 16.8 Å². The molecule has 132 valence electrons. The molecule has 7 heteroatoms. The highest BCUT2D eigenvalue weighted by Gasteiger charge is 2.43. The van der Waals surface area contributed by atoms with E-state index in [4.69, 9.17) is 9.72 Å². The maximum absolute atomic E-state index is 12.6. The Bertz CT molecular complexity index is 767. The van der Waals surface area contributed by atoms with Crippen LogP contribution in [0.4, 0.5) is 5.95 Å². The number of anilines is 1. The van der Waals surface area contributed by atoms with Gasteiger partial charge in [-0.2, -0.15) is 11.3 Å². The third-order valence-electron chi connectivity index (χ3n) is 5.06. The summed E-state index contributed by atoms with van der Waals surface area (Å²) in [5, 5.41) is 3.86. The van der Waals surface area contributed by atoms with Crippen molar-refractivity contribution in [2.75, 3.05) is 38.7 Å². The average Bonchev–Trinajstić information content (AvgIpc) is 3.16. The van der Waals surface area contributed by atoms with Crippen LogP contribution in [0.2, 0.25) is 0 Å². The molecule has 1 spiro atoms. The van der Waals surface area contributed by atoms with Crippen molar-refractivity contribution in [3.05, 3.63) is 39.8 Å². The molecule has 1 amide bonds. The number of aromatic nitrogens is 2. The molecule has 0 saturated carbocycles. The molecular weight excluding hydrogens is 336 g/mol. The highest BCUT2D eigenvalue weighted by molar-refractivity contribution is 7.08. The van der Waals surface area contributed by atoms with Crippen LogP contribution < -0.4 is 4.90 Å². The number of fused-ring (bicyclic) bond motifs is 2. The number of hydrogen-bond acceptors (Lipinski definition) is 6. The first-order valence-corrected chi connectivity index (χ1v) is 9.52. The van der Waals surface area contributed by atoms with Crippen molar-refractivity contribution in [2.45, 2.75) is 24.9 Å². The fourth-order valence-corrected chi connectivity index (χ4v) is 4.27. The van der Waals surface area contributed by atoms with Crippen LogP contribution in [-0.4, -0.2) is 54.6 Å². The van der Waals surface area contributed by atoms with Gasteiger partial charge in [-0.1, -0.05) is 0 Å². The number of piperidine rings is 1. The zero-order valence-corrected chi connectivity index (χ0v) is 15.4. The third-order valence-corrected chi connectivity index (χ3v) is 5.74. The van der Waals surface area contributed by atoms with E-state index in [1.807, 2.05) is 46.9 Å². The fraction of sp³-hybridized carbons (Fsp3) is 0.500. The summed E-state index contributed by atoms with van der Waals surface area (Å²) in [5.74, 6) is 0.823. The minimum atomic E-state index is -0.382. The van der Waals surface area contributed by atoms with Gasteiger partial charge in [0.25, 0.3) is 5.91 Å². The molecule has 4 rings (SSSR count). The normalized spacial score (nSPS) is 18.9. The molecule has 2 aromatic heterocycles. The van der Waals surface area contributed by atoms with E-state index < -0.39 is 0 Å². The van der Waals surface area contributed by atoms with Crippen molar-refractivity contribution < 1.29 is 9.53 Å². The highest BCUT2D eigenvalue weighted by Crippen LogP contribution is 2.41. The number of carbonyl (C=O) groups excluding carboxylic acids is 1. The molecule has 0 unspecified atom stereocenters. The molecular formula is C18H22N4O2S. The molecule has 2 aliphatic heterocycles. The maximum atomic E-state index is 12.6. The molecule has 0 bridgehead atoms. The Labute approximate surface area is 151 Å². The predicted octanol–water partition coefficient (Wildman–Crippen LogP) is 2.31. The van der Waals surface area contributed by atoms with Crippen molar-refractivity contribution in [1.29, 1.82) is 0 Å². The van der Waals surface area contributed by atoms with E-state index in [2.05, 4.69) is 4.98 Å². The molecule has 0 aliphatic carbocycles. The second kappa shape index (κ2) is 6.38. The van der Waals surface area contributed by atoms with E-state index in [0.717, 1.165) is 30.5 Å². The summed E-state index contributed by atoms with van der Waals surface area (Å²) in [6.45, 7) is 2.07. The zero-order chi connectivity index (χ0) is 17.4. The smallest absolute Gasteiger partial charge is 0.254 e. The lowest BCUT2D eigenvalue weighted by atomic mass is 9.83. The molecule has 1 fully saturated rings. The summed E-state index contributed by atoms with van der Waals surface area (Å²) < 4.78 is 6.24. The third kappa shape index (κ3) is 2.91. The van der Waals surface area contributed by atoms with E-state index in [0.29, 0.717) is 25.6 Å². The van der Waals surface area contributed by atoms with Gasteiger partial charge in [0.1, 0.15) is 5.60 Å². The number of rotatable bonds is 2. The van der Waals surface area contributed by atoms with Crippen LogP contribution in [0.1, 0.15) is 34.5 Å². The van der Waals surface area contributed by atoms with Crippen molar-refractivity contribution in [3.63, 3.8) is 0 Å². The number of amides is 1. The zero-order valence-electron chi connectivity index (χ0n) is 14.6. The monoisotopic (exact) mass is 358 g/mol. The largest absolute Gasteiger partial charge is 0.368 e. The predicted molar refractivity (Wildman–Crippen MR) is 97.1 cm³/mol. The first-order chi connectivity index (χ1) is 12.1. The number of carbonyl (C=O) groups is 1. The van der Waals surface area contributed by atoms with Gasteiger partial charge in [-0.3, -0.25) is 4.79 Å². The van der Waals surface area contributed by atoms with Crippen LogP contribution >= 0.6 is 11.3 Å². The Morgan fingerprint density at radius 2 is 2.16 bits per heavy atom. The molecule has 25 heavy (non-hydrogen) atoms. The topological polar surface area (TPSA) is 58.6 Å². The lowest BCUT2D eigenvalue weighted by Gasteiger charge is -2.44. The maximum Gasteiger partial charge on any atom is 0.254 e. The first-order valence-electron chi connectivity index (χ1n) is 8.58. The fourth-order valence-electron chi connectivity index (χ4n) is 3.64. The number of thiophene rings is 1. The lowest BCUT2D eigenvalue weighted by molar-refractivity contribution is -0.0967. The van der Waals surface area contributed by atoms with Gasteiger partial charge in [0.15, 0.2) is 0 Å². The standard InChI is InChI=1S/C18H22N4O2S/c1-21(2)17-19-11-13-3-9-24-18(15(13)20-17)5-7-22(8-6-18)16(23)14-4-10-25-12-14/h4,10-12H,3,5-9H2,1-2H3. The number of hydrogen-bond donors (Lipinski definition) is 0. The minimum Gasteiger partial charge on any atom is -0.368 e. The second-order valence-electron chi connectivity index (χ2n) is 6.84. The van der Waals surface area contributed by atoms with Gasteiger partial charge in [0, 0.05) is 38.8 Å². The summed E-state index contributed by atoms with van der Waals surface area (Å²) >= 11 is 1.55. The van der Waals surface area contributed by atoms with Gasteiger partial charge in [0.2, 0.25) is 5.95 Å². The molecule has 0 atom stereocenters. The SMILES string of the molecule is CN(C)c1ncc2c(n1)C1(CCN(C(=O)c3ccsc3)CC1)OCC2. The Morgan fingerprint density at radius 3 is 2.84 bits per heavy atom. The van der Waals surface area contributed by atoms with E-state index in [-0.39, 0.29) is 11.5 Å². The number of nitrogens with zero attached hydrogens (tertiary/aromatic N) is 4. The van der Waals surface area contributed by atoms with Crippen molar-refractivity contribution >= 4 is 23.2 Å². The van der Waals surface area contributed by atoms with Gasteiger partial charge in [-0.15, -0.1) is 0 Å². The van der Waals surface area contributed by atoms with Crippen molar-refractivity contribution in [1.82, 2.24) is 14.9 Å². The van der Waals surface area contributed by atoms with Gasteiger partial charge >= 0.3 is 0 Å². The Kier molecular flexibility index (Phi) is 4.21. The average molecular weight is 358 g/mol. The summed E-state index contributed by atoms with van der Waals surface area (Å²) in [4.78, 5) is 25.7. The van der Waals surface area contributed by atoms with Gasteiger partial charge in [0.05, 0.1) is 17.9 Å². The summed E-state index contributed by atoms with van der Waals surface area (Å²) in [7, 11) is 3.89. The Balaban J connectivity index is 1.57. The van der Waals surface area contributed by atoms with Crippen LogP contribution in [0.15, 0.2) is 23.0 Å². The lowest BCUT2D eigenvalue weighted by Crippen LogP contribution is -2.49. The number of ether oxygens (including phenoxy) is 1.